The Hall–Kier alpha value is -0.930. The molecule has 0 saturated heterocycles. The highest BCUT2D eigenvalue weighted by Gasteiger charge is 2.08. The molecule has 0 bridgehead atoms. The summed E-state index contributed by atoms with van der Waals surface area (Å²) < 4.78 is 5.35. The molecule has 0 heterocycles. The molecule has 0 aliphatic carbocycles. The van der Waals surface area contributed by atoms with Crippen molar-refractivity contribution < 1.29 is 9.53 Å². The second kappa shape index (κ2) is 9.05. The van der Waals surface area contributed by atoms with E-state index in [1.807, 2.05) is 0 Å². The maximum Gasteiger partial charge on any atom is 0.257 e. The lowest BCUT2D eigenvalue weighted by molar-refractivity contribution is -0.123. The summed E-state index contributed by atoms with van der Waals surface area (Å²) in [6, 6.07) is 6.92. The highest BCUT2D eigenvalue weighted by molar-refractivity contribution is 6.30. The Morgan fingerprint density at radius 2 is 2.05 bits per heavy atom. The standard InChI is InChI=1S/C14H19Cl2NO2/c1-2-11(7-8-15)9-17-14(18)10-19-13-5-3-12(16)4-6-13/h3-6,11H,2,7-10H2,1H3,(H,17,18). The average molecular weight is 304 g/mol. The summed E-state index contributed by atoms with van der Waals surface area (Å²) >= 11 is 11.5. The Kier molecular flexibility index (Phi) is 7.68. The molecule has 1 amide bonds. The third-order valence-corrected chi connectivity index (χ3v) is 3.34. The molecule has 0 radical (unpaired) electrons. The molecule has 1 N–H and O–H groups in total. The number of benzene rings is 1. The van der Waals surface area contributed by atoms with E-state index in [9.17, 15) is 4.79 Å². The third-order valence-electron chi connectivity index (χ3n) is 2.87. The molecule has 0 fully saturated rings. The maximum atomic E-state index is 11.6. The largest absolute Gasteiger partial charge is 0.484 e. The van der Waals surface area contributed by atoms with E-state index in [0.29, 0.717) is 29.1 Å². The zero-order valence-corrected chi connectivity index (χ0v) is 12.5. The van der Waals surface area contributed by atoms with E-state index < -0.39 is 0 Å². The molecule has 1 aromatic rings. The van der Waals surface area contributed by atoms with Crippen molar-refractivity contribution in [2.24, 2.45) is 5.92 Å². The fraction of sp³-hybridized carbons (Fsp3) is 0.500. The van der Waals surface area contributed by atoms with E-state index in [-0.39, 0.29) is 12.5 Å². The van der Waals surface area contributed by atoms with Crippen LogP contribution in [0.3, 0.4) is 0 Å². The normalized spacial score (nSPS) is 11.9. The van der Waals surface area contributed by atoms with Crippen molar-refractivity contribution in [1.82, 2.24) is 5.32 Å². The third kappa shape index (κ3) is 6.69. The lowest BCUT2D eigenvalue weighted by Gasteiger charge is -2.14. The molecule has 1 aromatic carbocycles. The number of carbonyl (C=O) groups excluding carboxylic acids is 1. The van der Waals surface area contributed by atoms with Crippen molar-refractivity contribution in [3.8, 4) is 5.75 Å². The van der Waals surface area contributed by atoms with Gasteiger partial charge >= 0.3 is 0 Å². The van der Waals surface area contributed by atoms with E-state index in [1.165, 1.54) is 0 Å². The van der Waals surface area contributed by atoms with Gasteiger partial charge in [0.25, 0.3) is 5.91 Å². The lowest BCUT2D eigenvalue weighted by Crippen LogP contribution is -2.33. The minimum absolute atomic E-state index is 0.0128. The van der Waals surface area contributed by atoms with E-state index in [0.717, 1.165) is 12.8 Å². The number of ether oxygens (including phenoxy) is 1. The van der Waals surface area contributed by atoms with Gasteiger partial charge in [-0.3, -0.25) is 4.79 Å². The van der Waals surface area contributed by atoms with Gasteiger partial charge in [0.15, 0.2) is 6.61 Å². The molecular weight excluding hydrogens is 285 g/mol. The summed E-state index contributed by atoms with van der Waals surface area (Å²) in [4.78, 5) is 11.6. The zero-order valence-electron chi connectivity index (χ0n) is 11.0. The summed E-state index contributed by atoms with van der Waals surface area (Å²) in [6.07, 6.45) is 1.92. The van der Waals surface area contributed by atoms with E-state index in [2.05, 4.69) is 12.2 Å². The zero-order chi connectivity index (χ0) is 14.1. The van der Waals surface area contributed by atoms with Crippen molar-refractivity contribution in [3.05, 3.63) is 29.3 Å². The average Bonchev–Trinajstić information content (AvgIpc) is 2.42. The number of alkyl halides is 1. The number of hydrogen-bond acceptors (Lipinski definition) is 2. The molecule has 5 heteroatoms. The smallest absolute Gasteiger partial charge is 0.257 e. The fourth-order valence-electron chi connectivity index (χ4n) is 1.59. The molecule has 1 rings (SSSR count). The number of hydrogen-bond donors (Lipinski definition) is 1. The fourth-order valence-corrected chi connectivity index (χ4v) is 2.03. The van der Waals surface area contributed by atoms with Gasteiger partial charge in [-0.1, -0.05) is 24.9 Å². The number of halogens is 2. The second-order valence-electron chi connectivity index (χ2n) is 4.30. The minimum Gasteiger partial charge on any atom is -0.484 e. The van der Waals surface area contributed by atoms with Crippen LogP contribution in [0, 0.1) is 5.92 Å². The van der Waals surface area contributed by atoms with Gasteiger partial charge in [-0.25, -0.2) is 0 Å². The molecule has 0 aromatic heterocycles. The summed E-state index contributed by atoms with van der Waals surface area (Å²) in [6.45, 7) is 2.75. The second-order valence-corrected chi connectivity index (χ2v) is 5.11. The van der Waals surface area contributed by atoms with Crippen LogP contribution in [0.2, 0.25) is 5.02 Å². The van der Waals surface area contributed by atoms with Crippen LogP contribution in [0.25, 0.3) is 0 Å². The molecule has 1 unspecified atom stereocenters. The first-order valence-corrected chi connectivity index (χ1v) is 7.28. The Bertz CT molecular complexity index is 382. The number of amides is 1. The van der Waals surface area contributed by atoms with E-state index >= 15 is 0 Å². The Morgan fingerprint density at radius 3 is 2.63 bits per heavy atom. The summed E-state index contributed by atoms with van der Waals surface area (Å²) in [7, 11) is 0. The molecule has 0 aliphatic heterocycles. The van der Waals surface area contributed by atoms with Crippen molar-refractivity contribution >= 4 is 29.1 Å². The molecule has 1 atom stereocenters. The molecular formula is C14H19Cl2NO2. The van der Waals surface area contributed by atoms with Gasteiger partial charge in [0.2, 0.25) is 0 Å². The maximum absolute atomic E-state index is 11.6. The number of rotatable bonds is 8. The first-order valence-electron chi connectivity index (χ1n) is 6.36. The SMILES string of the molecule is CCC(CCCl)CNC(=O)COc1ccc(Cl)cc1. The van der Waals surface area contributed by atoms with Crippen molar-refractivity contribution in [2.75, 3.05) is 19.0 Å². The minimum atomic E-state index is -0.122. The highest BCUT2D eigenvalue weighted by Crippen LogP contribution is 2.15. The van der Waals surface area contributed by atoms with Gasteiger partial charge in [-0.15, -0.1) is 11.6 Å². The topological polar surface area (TPSA) is 38.3 Å². The van der Waals surface area contributed by atoms with Gasteiger partial charge in [0.05, 0.1) is 0 Å². The van der Waals surface area contributed by atoms with Gasteiger partial charge in [0.1, 0.15) is 5.75 Å². The van der Waals surface area contributed by atoms with Crippen LogP contribution in [-0.4, -0.2) is 24.9 Å². The number of nitrogens with one attached hydrogen (secondary N) is 1. The lowest BCUT2D eigenvalue weighted by atomic mass is 10.0. The quantitative estimate of drug-likeness (QED) is 0.747. The van der Waals surface area contributed by atoms with Crippen LogP contribution < -0.4 is 10.1 Å². The summed E-state index contributed by atoms with van der Waals surface area (Å²) in [5.74, 6) is 1.56. The Morgan fingerprint density at radius 1 is 1.37 bits per heavy atom. The Labute approximate surface area is 124 Å². The van der Waals surface area contributed by atoms with Crippen LogP contribution in [0.5, 0.6) is 5.75 Å². The van der Waals surface area contributed by atoms with Crippen LogP contribution >= 0.6 is 23.2 Å². The highest BCUT2D eigenvalue weighted by atomic mass is 35.5. The molecule has 106 valence electrons. The van der Waals surface area contributed by atoms with Gasteiger partial charge < -0.3 is 10.1 Å². The van der Waals surface area contributed by atoms with E-state index in [4.69, 9.17) is 27.9 Å². The van der Waals surface area contributed by atoms with Crippen LogP contribution in [-0.2, 0) is 4.79 Å². The van der Waals surface area contributed by atoms with Gasteiger partial charge in [-0.2, -0.15) is 0 Å². The van der Waals surface area contributed by atoms with Crippen molar-refractivity contribution in [1.29, 1.82) is 0 Å². The van der Waals surface area contributed by atoms with Crippen molar-refractivity contribution in [2.45, 2.75) is 19.8 Å². The molecule has 0 saturated carbocycles. The predicted octanol–water partition coefficient (Wildman–Crippen LogP) is 3.49. The summed E-state index contributed by atoms with van der Waals surface area (Å²) in [5, 5.41) is 3.49. The predicted molar refractivity (Wildman–Crippen MR) is 79.1 cm³/mol. The first kappa shape index (κ1) is 16.1. The summed E-state index contributed by atoms with van der Waals surface area (Å²) in [5.41, 5.74) is 0. The monoisotopic (exact) mass is 303 g/mol. The van der Waals surface area contributed by atoms with Gasteiger partial charge in [-0.05, 0) is 36.6 Å². The van der Waals surface area contributed by atoms with Crippen LogP contribution in [0.4, 0.5) is 0 Å². The first-order chi connectivity index (χ1) is 9.15. The van der Waals surface area contributed by atoms with Crippen LogP contribution in [0.1, 0.15) is 19.8 Å². The molecule has 0 spiro atoms. The molecule has 0 aliphatic rings. The molecule has 3 nitrogen and oxygen atoms in total. The van der Waals surface area contributed by atoms with Crippen LogP contribution in [0.15, 0.2) is 24.3 Å². The Balaban J connectivity index is 2.25. The van der Waals surface area contributed by atoms with Crippen molar-refractivity contribution in [3.63, 3.8) is 0 Å². The molecule has 19 heavy (non-hydrogen) atoms. The van der Waals surface area contributed by atoms with E-state index in [1.54, 1.807) is 24.3 Å². The van der Waals surface area contributed by atoms with Gasteiger partial charge in [0, 0.05) is 17.4 Å². The number of carbonyl (C=O) groups is 1.